The Balaban J connectivity index is 1.99. The Morgan fingerprint density at radius 2 is 1.86 bits per heavy atom. The van der Waals surface area contributed by atoms with Gasteiger partial charge in [-0.05, 0) is 25.1 Å². The van der Waals surface area contributed by atoms with E-state index in [0.717, 1.165) is 5.56 Å². The quantitative estimate of drug-likeness (QED) is 0.609. The Kier molecular flexibility index (Phi) is 2.58. The van der Waals surface area contributed by atoms with Crippen LogP contribution in [0.4, 0.5) is 0 Å². The van der Waals surface area contributed by atoms with Gasteiger partial charge in [0.15, 0.2) is 5.65 Å². The van der Waals surface area contributed by atoms with Gasteiger partial charge in [-0.15, -0.1) is 0 Å². The second-order valence-electron chi connectivity index (χ2n) is 4.98. The molecule has 0 unspecified atom stereocenters. The van der Waals surface area contributed by atoms with Gasteiger partial charge in [0.25, 0.3) is 10.0 Å². The number of pyridine rings is 1. The fraction of sp³-hybridized carbons (Fsp3) is 0.0714. The van der Waals surface area contributed by atoms with Gasteiger partial charge in [-0.2, -0.15) is 15.4 Å². The summed E-state index contributed by atoms with van der Waals surface area (Å²) in [6.07, 6.45) is 2.99. The Labute approximate surface area is 125 Å². The first-order valence-corrected chi connectivity index (χ1v) is 8.00. The highest BCUT2D eigenvalue weighted by molar-refractivity contribution is 7.90. The number of aromatic amines is 1. The highest BCUT2D eigenvalue weighted by atomic mass is 32.2. The molecule has 4 aromatic rings. The van der Waals surface area contributed by atoms with Crippen LogP contribution < -0.4 is 0 Å². The summed E-state index contributed by atoms with van der Waals surface area (Å²) in [5, 5.41) is 11.2. The summed E-state index contributed by atoms with van der Waals surface area (Å²) in [5.74, 6) is 0. The molecule has 1 N–H and O–H groups in total. The number of nitrogens with one attached hydrogen (secondary N) is 1. The molecule has 0 saturated carbocycles. The zero-order chi connectivity index (χ0) is 15.3. The highest BCUT2D eigenvalue weighted by Crippen LogP contribution is 2.24. The number of aryl methyl sites for hydroxylation is 1. The number of nitrogens with zero attached hydrogens (tertiary/aromatic N) is 4. The normalized spacial score (nSPS) is 12.2. The van der Waals surface area contributed by atoms with Crippen molar-refractivity contribution in [1.29, 1.82) is 0 Å². The maximum Gasteiger partial charge on any atom is 0.269 e. The average Bonchev–Trinajstić information content (AvgIpc) is 3.13. The lowest BCUT2D eigenvalue weighted by atomic mass is 10.2. The molecule has 0 radical (unpaired) electrons. The van der Waals surface area contributed by atoms with E-state index in [9.17, 15) is 8.42 Å². The summed E-state index contributed by atoms with van der Waals surface area (Å²) in [6.45, 7) is 1.91. The molecule has 0 aliphatic carbocycles. The monoisotopic (exact) mass is 313 g/mol. The number of H-pyrrole nitrogens is 1. The standard InChI is InChI=1S/C14H11N5O2S/c1-9-2-4-10(5-3-9)22(20,21)19-7-6-11-13-12(16-18-17-13)8-15-14(11)19/h2-8H,1H3,(H,16,17,18). The van der Waals surface area contributed by atoms with Crippen molar-refractivity contribution in [1.82, 2.24) is 24.4 Å². The molecule has 0 fully saturated rings. The molecule has 3 heterocycles. The van der Waals surface area contributed by atoms with Gasteiger partial charge in [0, 0.05) is 11.6 Å². The van der Waals surface area contributed by atoms with E-state index >= 15 is 0 Å². The molecular formula is C14H11N5O2S. The summed E-state index contributed by atoms with van der Waals surface area (Å²) in [6, 6.07) is 8.39. The second kappa shape index (κ2) is 4.38. The Bertz CT molecular complexity index is 1090. The van der Waals surface area contributed by atoms with Crippen LogP contribution in [0.3, 0.4) is 0 Å². The lowest BCUT2D eigenvalue weighted by molar-refractivity contribution is 0.589. The van der Waals surface area contributed by atoms with Crippen LogP contribution in [0.15, 0.2) is 47.6 Å². The summed E-state index contributed by atoms with van der Waals surface area (Å²) in [7, 11) is -3.69. The molecule has 8 heteroatoms. The van der Waals surface area contributed by atoms with Crippen LogP contribution in [0.5, 0.6) is 0 Å². The van der Waals surface area contributed by atoms with Crippen LogP contribution in [0.25, 0.3) is 22.1 Å². The SMILES string of the molecule is Cc1ccc(S(=O)(=O)n2ccc3c4n[nH]nc4cnc32)cc1. The first-order valence-electron chi connectivity index (χ1n) is 6.56. The molecule has 4 rings (SSSR count). The number of fused-ring (bicyclic) bond motifs is 3. The van der Waals surface area contributed by atoms with Crippen LogP contribution in [0.2, 0.25) is 0 Å². The van der Waals surface area contributed by atoms with Crippen LogP contribution in [-0.2, 0) is 10.0 Å². The number of aromatic nitrogens is 5. The fourth-order valence-corrected chi connectivity index (χ4v) is 3.69. The highest BCUT2D eigenvalue weighted by Gasteiger charge is 2.21. The first-order chi connectivity index (χ1) is 10.6. The van der Waals surface area contributed by atoms with E-state index in [1.165, 1.54) is 16.4 Å². The molecule has 0 atom stereocenters. The van der Waals surface area contributed by atoms with Crippen molar-refractivity contribution in [3.8, 4) is 0 Å². The number of hydrogen-bond donors (Lipinski definition) is 1. The number of benzene rings is 1. The minimum atomic E-state index is -3.69. The lowest BCUT2D eigenvalue weighted by Gasteiger charge is -2.07. The minimum Gasteiger partial charge on any atom is -0.235 e. The zero-order valence-corrected chi connectivity index (χ0v) is 12.4. The van der Waals surface area contributed by atoms with Gasteiger partial charge in [-0.3, -0.25) is 0 Å². The van der Waals surface area contributed by atoms with Crippen molar-refractivity contribution in [2.45, 2.75) is 11.8 Å². The van der Waals surface area contributed by atoms with E-state index in [4.69, 9.17) is 0 Å². The third-order valence-electron chi connectivity index (χ3n) is 3.54. The Morgan fingerprint density at radius 1 is 1.09 bits per heavy atom. The summed E-state index contributed by atoms with van der Waals surface area (Å²) in [4.78, 5) is 4.43. The van der Waals surface area contributed by atoms with E-state index in [1.54, 1.807) is 30.3 Å². The number of rotatable bonds is 2. The maximum absolute atomic E-state index is 12.8. The molecule has 1 aromatic carbocycles. The molecule has 3 aromatic heterocycles. The van der Waals surface area contributed by atoms with Crippen LogP contribution in [-0.4, -0.2) is 32.8 Å². The van der Waals surface area contributed by atoms with Gasteiger partial charge in [-0.1, -0.05) is 17.7 Å². The van der Waals surface area contributed by atoms with Crippen molar-refractivity contribution < 1.29 is 8.42 Å². The summed E-state index contributed by atoms with van der Waals surface area (Å²) < 4.78 is 26.7. The lowest BCUT2D eigenvalue weighted by Crippen LogP contribution is -2.12. The molecule has 0 spiro atoms. The topological polar surface area (TPSA) is 93.5 Å². The third-order valence-corrected chi connectivity index (χ3v) is 5.22. The zero-order valence-electron chi connectivity index (χ0n) is 11.6. The van der Waals surface area contributed by atoms with Gasteiger partial charge in [0.1, 0.15) is 11.0 Å². The molecule has 0 saturated heterocycles. The molecular weight excluding hydrogens is 302 g/mol. The van der Waals surface area contributed by atoms with Crippen LogP contribution in [0.1, 0.15) is 5.56 Å². The maximum atomic E-state index is 12.8. The van der Waals surface area contributed by atoms with E-state index in [-0.39, 0.29) is 4.90 Å². The van der Waals surface area contributed by atoms with Gasteiger partial charge in [0.2, 0.25) is 0 Å². The van der Waals surface area contributed by atoms with Crippen molar-refractivity contribution in [3.05, 3.63) is 48.3 Å². The number of hydrogen-bond acceptors (Lipinski definition) is 5. The Hall–Kier alpha value is -2.74. The first kappa shape index (κ1) is 13.0. The molecule has 110 valence electrons. The van der Waals surface area contributed by atoms with Gasteiger partial charge in [-0.25, -0.2) is 17.4 Å². The van der Waals surface area contributed by atoms with E-state index in [0.29, 0.717) is 22.1 Å². The molecule has 0 bridgehead atoms. The predicted octanol–water partition coefficient (Wildman–Crippen LogP) is 1.85. The van der Waals surface area contributed by atoms with Gasteiger partial charge >= 0.3 is 0 Å². The molecule has 0 amide bonds. The third kappa shape index (κ3) is 1.74. The second-order valence-corrected chi connectivity index (χ2v) is 6.80. The smallest absolute Gasteiger partial charge is 0.235 e. The van der Waals surface area contributed by atoms with Crippen molar-refractivity contribution in [2.75, 3.05) is 0 Å². The van der Waals surface area contributed by atoms with E-state index in [2.05, 4.69) is 20.4 Å². The molecule has 0 aliphatic rings. The molecule has 7 nitrogen and oxygen atoms in total. The summed E-state index contributed by atoms with van der Waals surface area (Å²) >= 11 is 0. The minimum absolute atomic E-state index is 0.220. The largest absolute Gasteiger partial charge is 0.269 e. The fourth-order valence-electron chi connectivity index (χ4n) is 2.38. The molecule has 0 aliphatic heterocycles. The van der Waals surface area contributed by atoms with E-state index in [1.807, 2.05) is 6.92 Å². The average molecular weight is 313 g/mol. The van der Waals surface area contributed by atoms with Crippen molar-refractivity contribution in [2.24, 2.45) is 0 Å². The van der Waals surface area contributed by atoms with Gasteiger partial charge < -0.3 is 0 Å². The van der Waals surface area contributed by atoms with Crippen LogP contribution in [0, 0.1) is 6.92 Å². The van der Waals surface area contributed by atoms with Crippen molar-refractivity contribution >= 4 is 32.1 Å². The predicted molar refractivity (Wildman–Crippen MR) is 80.9 cm³/mol. The Morgan fingerprint density at radius 3 is 2.64 bits per heavy atom. The summed E-state index contributed by atoms with van der Waals surface area (Å²) in [5.41, 5.74) is 2.53. The van der Waals surface area contributed by atoms with Crippen molar-refractivity contribution in [3.63, 3.8) is 0 Å². The van der Waals surface area contributed by atoms with Gasteiger partial charge in [0.05, 0.1) is 11.1 Å². The van der Waals surface area contributed by atoms with E-state index < -0.39 is 10.0 Å². The molecule has 22 heavy (non-hydrogen) atoms. The van der Waals surface area contributed by atoms with Crippen LogP contribution >= 0.6 is 0 Å².